The Kier molecular flexibility index (Phi) is 6.18. The van der Waals surface area contributed by atoms with Crippen molar-refractivity contribution in [3.8, 4) is 0 Å². The highest BCUT2D eigenvalue weighted by molar-refractivity contribution is 7.98. The Morgan fingerprint density at radius 1 is 1.26 bits per heavy atom. The van der Waals surface area contributed by atoms with Crippen LogP contribution >= 0.6 is 11.8 Å². The van der Waals surface area contributed by atoms with Crippen molar-refractivity contribution in [2.45, 2.75) is 25.1 Å². The third kappa shape index (κ3) is 4.90. The number of anilines is 1. The Morgan fingerprint density at radius 3 is 2.70 bits per heavy atom. The number of nitrogens with zero attached hydrogens (tertiary/aromatic N) is 2. The van der Waals surface area contributed by atoms with Gasteiger partial charge in [-0.1, -0.05) is 12.1 Å². The number of hydrogen-bond acceptors (Lipinski definition) is 5. The van der Waals surface area contributed by atoms with Gasteiger partial charge in [-0.05, 0) is 50.4 Å². The van der Waals surface area contributed by atoms with Crippen LogP contribution < -0.4 is 16.6 Å². The first-order valence-electron chi connectivity index (χ1n) is 8.90. The molecule has 2 aromatic rings. The van der Waals surface area contributed by atoms with E-state index in [1.807, 2.05) is 43.3 Å². The first-order valence-corrected chi connectivity index (χ1v) is 10.1. The summed E-state index contributed by atoms with van der Waals surface area (Å²) in [5, 5.41) is 2.85. The van der Waals surface area contributed by atoms with E-state index in [1.165, 1.54) is 0 Å². The van der Waals surface area contributed by atoms with Crippen molar-refractivity contribution in [3.63, 3.8) is 0 Å². The molecule has 0 fully saturated rings. The zero-order valence-electron chi connectivity index (χ0n) is 15.6. The highest BCUT2D eigenvalue weighted by atomic mass is 32.2. The van der Waals surface area contributed by atoms with Crippen molar-refractivity contribution in [1.82, 2.24) is 14.5 Å². The molecule has 144 valence electrons. The normalized spacial score (nSPS) is 13.4. The maximum atomic E-state index is 12.2. The van der Waals surface area contributed by atoms with Gasteiger partial charge >= 0.3 is 5.69 Å². The second kappa shape index (κ2) is 8.58. The molecule has 8 heteroatoms. The number of carbonyl (C=O) groups is 1. The lowest BCUT2D eigenvalue weighted by Crippen LogP contribution is -2.37. The van der Waals surface area contributed by atoms with E-state index in [-0.39, 0.29) is 17.2 Å². The molecule has 27 heavy (non-hydrogen) atoms. The molecular formula is C19H24N4O3S. The number of fused-ring (bicyclic) bond motifs is 1. The largest absolute Gasteiger partial charge is 0.328 e. The van der Waals surface area contributed by atoms with Crippen LogP contribution in [-0.2, 0) is 29.9 Å². The molecular weight excluding hydrogens is 364 g/mol. The highest BCUT2D eigenvalue weighted by Gasteiger charge is 2.18. The van der Waals surface area contributed by atoms with E-state index in [4.69, 9.17) is 0 Å². The third-order valence-electron chi connectivity index (χ3n) is 4.47. The van der Waals surface area contributed by atoms with E-state index in [9.17, 15) is 14.4 Å². The van der Waals surface area contributed by atoms with Gasteiger partial charge in [0, 0.05) is 29.2 Å². The molecule has 2 heterocycles. The minimum absolute atomic E-state index is 0.0583. The van der Waals surface area contributed by atoms with E-state index < -0.39 is 0 Å². The molecule has 0 aliphatic carbocycles. The monoisotopic (exact) mass is 388 g/mol. The highest BCUT2D eigenvalue weighted by Crippen LogP contribution is 2.20. The molecule has 1 aliphatic heterocycles. The number of rotatable bonds is 6. The SMILES string of the molecule is CN(C)CC(=O)Nc1ccc(CCn2c3c(c(=O)[nH]c2=O)CSCC3)cc1. The second-order valence-electron chi connectivity index (χ2n) is 6.87. The Hall–Kier alpha value is -2.32. The van der Waals surface area contributed by atoms with Gasteiger partial charge in [-0.25, -0.2) is 4.79 Å². The van der Waals surface area contributed by atoms with Gasteiger partial charge < -0.3 is 10.2 Å². The Bertz CT molecular complexity index is 931. The molecule has 0 spiro atoms. The summed E-state index contributed by atoms with van der Waals surface area (Å²) in [6.45, 7) is 0.856. The van der Waals surface area contributed by atoms with Crippen molar-refractivity contribution in [1.29, 1.82) is 0 Å². The number of aromatic amines is 1. The number of aromatic nitrogens is 2. The quantitative estimate of drug-likeness (QED) is 0.773. The van der Waals surface area contributed by atoms with Crippen LogP contribution in [0.15, 0.2) is 33.9 Å². The molecule has 0 unspecified atom stereocenters. The van der Waals surface area contributed by atoms with Gasteiger partial charge in [0.25, 0.3) is 5.56 Å². The Morgan fingerprint density at radius 2 is 2.00 bits per heavy atom. The number of benzene rings is 1. The fourth-order valence-electron chi connectivity index (χ4n) is 3.15. The number of aryl methyl sites for hydroxylation is 1. The summed E-state index contributed by atoms with van der Waals surface area (Å²) < 4.78 is 1.70. The van der Waals surface area contributed by atoms with Gasteiger partial charge in [-0.2, -0.15) is 11.8 Å². The minimum Gasteiger partial charge on any atom is -0.325 e. The van der Waals surface area contributed by atoms with Crippen molar-refractivity contribution in [2.24, 2.45) is 0 Å². The molecule has 1 amide bonds. The summed E-state index contributed by atoms with van der Waals surface area (Å²) >= 11 is 1.72. The molecule has 0 saturated heterocycles. The number of likely N-dealkylation sites (N-methyl/N-ethyl adjacent to an activating group) is 1. The van der Waals surface area contributed by atoms with Crippen LogP contribution in [0.5, 0.6) is 0 Å². The molecule has 2 N–H and O–H groups in total. The third-order valence-corrected chi connectivity index (χ3v) is 5.45. The van der Waals surface area contributed by atoms with Crippen LogP contribution in [0.25, 0.3) is 0 Å². The maximum absolute atomic E-state index is 12.2. The van der Waals surface area contributed by atoms with E-state index in [1.54, 1.807) is 16.3 Å². The molecule has 1 aliphatic rings. The lowest BCUT2D eigenvalue weighted by Gasteiger charge is -2.19. The Labute approximate surface area is 161 Å². The zero-order chi connectivity index (χ0) is 19.4. The maximum Gasteiger partial charge on any atom is 0.328 e. The number of hydrogen-bond donors (Lipinski definition) is 2. The van der Waals surface area contributed by atoms with Crippen LogP contribution in [-0.4, -0.2) is 46.8 Å². The number of nitrogens with one attached hydrogen (secondary N) is 2. The minimum atomic E-state index is -0.335. The van der Waals surface area contributed by atoms with Crippen molar-refractivity contribution >= 4 is 23.4 Å². The molecule has 7 nitrogen and oxygen atoms in total. The predicted molar refractivity (Wildman–Crippen MR) is 109 cm³/mol. The standard InChI is InChI=1S/C19H24N4O3S/c1-22(2)11-17(24)20-14-5-3-13(4-6-14)7-9-23-16-8-10-27-12-15(16)18(25)21-19(23)26/h3-6H,7-12H2,1-2H3,(H,20,24)(H,21,25,26). The lowest BCUT2D eigenvalue weighted by atomic mass is 10.1. The average Bonchev–Trinajstić information content (AvgIpc) is 2.62. The van der Waals surface area contributed by atoms with E-state index >= 15 is 0 Å². The number of H-pyrrole nitrogens is 1. The van der Waals surface area contributed by atoms with E-state index in [0.29, 0.717) is 25.3 Å². The van der Waals surface area contributed by atoms with Crippen LogP contribution in [0.1, 0.15) is 16.8 Å². The summed E-state index contributed by atoms with van der Waals surface area (Å²) in [5.41, 5.74) is 2.83. The molecule has 1 aromatic carbocycles. The summed E-state index contributed by atoms with van der Waals surface area (Å²) in [6.07, 6.45) is 1.42. The molecule has 0 saturated carbocycles. The first kappa shape index (κ1) is 19.4. The van der Waals surface area contributed by atoms with Crippen molar-refractivity contribution < 1.29 is 4.79 Å². The molecule has 0 bridgehead atoms. The predicted octanol–water partition coefficient (Wildman–Crippen LogP) is 1.07. The van der Waals surface area contributed by atoms with Crippen molar-refractivity contribution in [2.75, 3.05) is 31.7 Å². The topological polar surface area (TPSA) is 87.2 Å². The fourth-order valence-corrected chi connectivity index (χ4v) is 4.14. The zero-order valence-corrected chi connectivity index (χ0v) is 16.4. The van der Waals surface area contributed by atoms with Crippen LogP contribution in [0.4, 0.5) is 5.69 Å². The van der Waals surface area contributed by atoms with Gasteiger partial charge in [-0.15, -0.1) is 0 Å². The molecule has 0 radical (unpaired) electrons. The van der Waals surface area contributed by atoms with Gasteiger partial charge in [0.1, 0.15) is 0 Å². The van der Waals surface area contributed by atoms with Gasteiger partial charge in [0.05, 0.1) is 6.54 Å². The van der Waals surface area contributed by atoms with E-state index in [0.717, 1.165) is 34.7 Å². The van der Waals surface area contributed by atoms with Crippen molar-refractivity contribution in [3.05, 3.63) is 61.9 Å². The second-order valence-corrected chi connectivity index (χ2v) is 7.98. The first-order chi connectivity index (χ1) is 12.9. The lowest BCUT2D eigenvalue weighted by molar-refractivity contribution is -0.116. The van der Waals surface area contributed by atoms with E-state index in [2.05, 4.69) is 10.3 Å². The molecule has 3 rings (SSSR count). The summed E-state index contributed by atoms with van der Waals surface area (Å²) in [7, 11) is 3.69. The number of carbonyl (C=O) groups excluding carboxylic acids is 1. The van der Waals surface area contributed by atoms with Gasteiger partial charge in [0.15, 0.2) is 0 Å². The molecule has 0 atom stereocenters. The summed E-state index contributed by atoms with van der Waals surface area (Å²) in [6, 6.07) is 7.63. The van der Waals surface area contributed by atoms with Crippen LogP contribution in [0, 0.1) is 0 Å². The molecule has 1 aromatic heterocycles. The number of thioether (sulfide) groups is 1. The Balaban J connectivity index is 1.68. The fraction of sp³-hybridized carbons (Fsp3) is 0.421. The van der Waals surface area contributed by atoms with Gasteiger partial charge in [0.2, 0.25) is 5.91 Å². The van der Waals surface area contributed by atoms with Crippen LogP contribution in [0.2, 0.25) is 0 Å². The summed E-state index contributed by atoms with van der Waals surface area (Å²) in [5.74, 6) is 1.53. The van der Waals surface area contributed by atoms with Crippen LogP contribution in [0.3, 0.4) is 0 Å². The summed E-state index contributed by atoms with van der Waals surface area (Å²) in [4.78, 5) is 40.3. The smallest absolute Gasteiger partial charge is 0.325 e. The number of amides is 1. The van der Waals surface area contributed by atoms with Gasteiger partial charge in [-0.3, -0.25) is 19.1 Å². The average molecular weight is 388 g/mol.